The minimum Gasteiger partial charge on any atom is -0.481 e. The molecule has 1 aromatic rings. The predicted octanol–water partition coefficient (Wildman–Crippen LogP) is 0.612. The third kappa shape index (κ3) is 3.67. The van der Waals surface area contributed by atoms with Crippen molar-refractivity contribution in [2.75, 3.05) is 13.1 Å². The molecule has 84 valence electrons. The number of rotatable bonds is 6. The predicted molar refractivity (Wildman–Crippen MR) is 52.0 cm³/mol. The van der Waals surface area contributed by atoms with E-state index in [1.54, 1.807) is 6.92 Å². The second-order valence-electron chi connectivity index (χ2n) is 3.41. The molecule has 1 N–H and O–H groups in total. The van der Waals surface area contributed by atoms with Crippen LogP contribution >= 0.6 is 0 Å². The molecule has 6 nitrogen and oxygen atoms in total. The molecule has 0 spiro atoms. The summed E-state index contributed by atoms with van der Waals surface area (Å²) in [7, 11) is 0. The summed E-state index contributed by atoms with van der Waals surface area (Å²) in [5, 5.41) is 12.5. The van der Waals surface area contributed by atoms with Crippen molar-refractivity contribution in [2.24, 2.45) is 5.92 Å². The van der Waals surface area contributed by atoms with E-state index in [1.165, 1.54) is 6.39 Å². The van der Waals surface area contributed by atoms with Gasteiger partial charge in [0.15, 0.2) is 5.82 Å². The van der Waals surface area contributed by atoms with E-state index in [0.717, 1.165) is 6.54 Å². The Morgan fingerprint density at radius 3 is 2.93 bits per heavy atom. The zero-order valence-corrected chi connectivity index (χ0v) is 8.88. The van der Waals surface area contributed by atoms with Crippen LogP contribution in [-0.4, -0.2) is 39.2 Å². The largest absolute Gasteiger partial charge is 0.481 e. The monoisotopic (exact) mass is 213 g/mol. The Kier molecular flexibility index (Phi) is 4.23. The van der Waals surface area contributed by atoms with E-state index < -0.39 is 11.9 Å². The van der Waals surface area contributed by atoms with Crippen molar-refractivity contribution in [3.05, 3.63) is 12.2 Å². The van der Waals surface area contributed by atoms with Gasteiger partial charge in [0.2, 0.25) is 6.39 Å². The molecular formula is C9H15N3O3. The molecule has 0 aromatic carbocycles. The van der Waals surface area contributed by atoms with E-state index in [-0.39, 0.29) is 0 Å². The summed E-state index contributed by atoms with van der Waals surface area (Å²) in [4.78, 5) is 16.5. The number of carbonyl (C=O) groups is 1. The number of aromatic nitrogens is 2. The van der Waals surface area contributed by atoms with Crippen molar-refractivity contribution >= 4 is 5.97 Å². The van der Waals surface area contributed by atoms with Gasteiger partial charge in [-0.2, -0.15) is 4.98 Å². The van der Waals surface area contributed by atoms with E-state index in [2.05, 4.69) is 14.7 Å². The number of carboxylic acid groups (broad SMARTS) is 1. The fourth-order valence-electron chi connectivity index (χ4n) is 1.23. The maximum absolute atomic E-state index is 10.7. The molecule has 1 heterocycles. The Morgan fingerprint density at radius 1 is 1.73 bits per heavy atom. The van der Waals surface area contributed by atoms with Crippen LogP contribution < -0.4 is 0 Å². The molecular weight excluding hydrogens is 198 g/mol. The molecule has 1 aromatic heterocycles. The average molecular weight is 213 g/mol. The topological polar surface area (TPSA) is 79.5 Å². The Hall–Kier alpha value is -1.43. The summed E-state index contributed by atoms with van der Waals surface area (Å²) in [5.74, 6) is -0.604. The Balaban J connectivity index is 2.46. The molecule has 6 heteroatoms. The number of nitrogens with zero attached hydrogens (tertiary/aromatic N) is 3. The van der Waals surface area contributed by atoms with E-state index in [0.29, 0.717) is 18.9 Å². The van der Waals surface area contributed by atoms with Gasteiger partial charge in [-0.15, -0.1) is 0 Å². The lowest BCUT2D eigenvalue weighted by Gasteiger charge is -2.20. The number of carboxylic acids is 1. The van der Waals surface area contributed by atoms with Gasteiger partial charge in [0.25, 0.3) is 0 Å². The summed E-state index contributed by atoms with van der Waals surface area (Å²) >= 11 is 0. The molecule has 1 unspecified atom stereocenters. The standard InChI is InChI=1S/C9H15N3O3/c1-3-12(4-7(2)9(13)14)5-8-10-6-15-11-8/h6-7H,3-5H2,1-2H3,(H,13,14). The van der Waals surface area contributed by atoms with Gasteiger partial charge in [0.05, 0.1) is 12.5 Å². The highest BCUT2D eigenvalue weighted by Crippen LogP contribution is 2.03. The molecule has 1 atom stereocenters. The molecule has 0 aliphatic rings. The lowest BCUT2D eigenvalue weighted by atomic mass is 10.1. The first kappa shape index (κ1) is 11.6. The van der Waals surface area contributed by atoms with Crippen LogP contribution in [0.3, 0.4) is 0 Å². The van der Waals surface area contributed by atoms with Crippen LogP contribution in [0.5, 0.6) is 0 Å². The molecule has 0 fully saturated rings. The first-order valence-electron chi connectivity index (χ1n) is 4.84. The van der Waals surface area contributed by atoms with E-state index in [4.69, 9.17) is 5.11 Å². The average Bonchev–Trinajstić information content (AvgIpc) is 2.69. The van der Waals surface area contributed by atoms with E-state index >= 15 is 0 Å². The van der Waals surface area contributed by atoms with Gasteiger partial charge in [-0.3, -0.25) is 9.69 Å². The van der Waals surface area contributed by atoms with Crippen molar-refractivity contribution in [1.82, 2.24) is 15.0 Å². The summed E-state index contributed by atoms with van der Waals surface area (Å²) in [6.07, 6.45) is 1.27. The van der Waals surface area contributed by atoms with Crippen LogP contribution in [0.2, 0.25) is 0 Å². The molecule has 0 aliphatic heterocycles. The van der Waals surface area contributed by atoms with Gasteiger partial charge in [0.1, 0.15) is 0 Å². The van der Waals surface area contributed by atoms with Gasteiger partial charge in [-0.25, -0.2) is 0 Å². The van der Waals surface area contributed by atoms with Crippen LogP contribution in [-0.2, 0) is 11.3 Å². The van der Waals surface area contributed by atoms with Gasteiger partial charge >= 0.3 is 5.97 Å². The van der Waals surface area contributed by atoms with Crippen LogP contribution in [0, 0.1) is 5.92 Å². The second kappa shape index (κ2) is 5.45. The highest BCUT2D eigenvalue weighted by molar-refractivity contribution is 5.69. The van der Waals surface area contributed by atoms with Gasteiger partial charge in [0, 0.05) is 6.54 Å². The van der Waals surface area contributed by atoms with E-state index in [1.807, 2.05) is 11.8 Å². The molecule has 0 radical (unpaired) electrons. The van der Waals surface area contributed by atoms with Crippen LogP contribution in [0.1, 0.15) is 19.7 Å². The quantitative estimate of drug-likeness (QED) is 0.745. The van der Waals surface area contributed by atoms with Crippen LogP contribution in [0.15, 0.2) is 10.9 Å². The van der Waals surface area contributed by atoms with E-state index in [9.17, 15) is 4.79 Å². The summed E-state index contributed by atoms with van der Waals surface area (Å²) in [5.41, 5.74) is 0. The molecule has 15 heavy (non-hydrogen) atoms. The number of hydrogen-bond acceptors (Lipinski definition) is 5. The number of hydrogen-bond donors (Lipinski definition) is 1. The molecule has 0 amide bonds. The maximum atomic E-state index is 10.7. The van der Waals surface area contributed by atoms with Gasteiger partial charge < -0.3 is 9.63 Å². The minimum atomic E-state index is -0.790. The molecule has 0 aliphatic carbocycles. The zero-order valence-electron chi connectivity index (χ0n) is 8.88. The number of aliphatic carboxylic acids is 1. The highest BCUT2D eigenvalue weighted by atomic mass is 16.5. The fourth-order valence-corrected chi connectivity index (χ4v) is 1.23. The van der Waals surface area contributed by atoms with Crippen molar-refractivity contribution in [3.63, 3.8) is 0 Å². The van der Waals surface area contributed by atoms with Crippen molar-refractivity contribution in [2.45, 2.75) is 20.4 Å². The minimum absolute atomic E-state index is 0.392. The van der Waals surface area contributed by atoms with Crippen LogP contribution in [0.4, 0.5) is 0 Å². The van der Waals surface area contributed by atoms with Crippen LogP contribution in [0.25, 0.3) is 0 Å². The maximum Gasteiger partial charge on any atom is 0.307 e. The van der Waals surface area contributed by atoms with Crippen molar-refractivity contribution in [3.8, 4) is 0 Å². The normalized spacial score (nSPS) is 13.0. The third-order valence-electron chi connectivity index (χ3n) is 2.17. The van der Waals surface area contributed by atoms with Crippen molar-refractivity contribution in [1.29, 1.82) is 0 Å². The smallest absolute Gasteiger partial charge is 0.307 e. The highest BCUT2D eigenvalue weighted by Gasteiger charge is 2.16. The zero-order chi connectivity index (χ0) is 11.3. The summed E-state index contributed by atoms with van der Waals surface area (Å²) < 4.78 is 4.61. The first-order chi connectivity index (χ1) is 7.13. The molecule has 1 rings (SSSR count). The van der Waals surface area contributed by atoms with Crippen molar-refractivity contribution < 1.29 is 14.4 Å². The summed E-state index contributed by atoms with van der Waals surface area (Å²) in [6.45, 7) is 5.41. The Bertz CT molecular complexity index is 300. The molecule has 0 bridgehead atoms. The lowest BCUT2D eigenvalue weighted by Crippen LogP contribution is -2.31. The third-order valence-corrected chi connectivity index (χ3v) is 2.17. The van der Waals surface area contributed by atoms with Gasteiger partial charge in [-0.1, -0.05) is 19.0 Å². The fraction of sp³-hybridized carbons (Fsp3) is 0.667. The van der Waals surface area contributed by atoms with Gasteiger partial charge in [-0.05, 0) is 6.54 Å². The summed E-state index contributed by atoms with van der Waals surface area (Å²) in [6, 6.07) is 0. The SMILES string of the molecule is CCN(Cc1ncon1)CC(C)C(=O)O. The lowest BCUT2D eigenvalue weighted by molar-refractivity contribution is -0.141. The molecule has 0 saturated carbocycles. The Labute approximate surface area is 87.9 Å². The Morgan fingerprint density at radius 2 is 2.47 bits per heavy atom. The molecule has 0 saturated heterocycles. The first-order valence-corrected chi connectivity index (χ1v) is 4.84. The second-order valence-corrected chi connectivity index (χ2v) is 3.41.